The molecule has 3 atom stereocenters. The van der Waals surface area contributed by atoms with Crippen molar-refractivity contribution in [1.82, 2.24) is 10.2 Å². The van der Waals surface area contributed by atoms with Crippen molar-refractivity contribution in [2.45, 2.75) is 65.0 Å². The molecule has 3 nitrogen and oxygen atoms in total. The minimum Gasteiger partial charge on any atom is -0.377 e. The van der Waals surface area contributed by atoms with Gasteiger partial charge in [-0.3, -0.25) is 0 Å². The third kappa shape index (κ3) is 3.16. The lowest BCUT2D eigenvalue weighted by atomic mass is 9.55. The molecular weight excluding hydrogens is 260 g/mol. The number of hydrogen-bond donors (Lipinski definition) is 1. The van der Waals surface area contributed by atoms with Gasteiger partial charge in [0.2, 0.25) is 0 Å². The van der Waals surface area contributed by atoms with E-state index in [-0.39, 0.29) is 0 Å². The Balaban J connectivity index is 1.43. The van der Waals surface area contributed by atoms with Crippen LogP contribution in [0.4, 0.5) is 0 Å². The summed E-state index contributed by atoms with van der Waals surface area (Å²) in [6.07, 6.45) is 7.18. The van der Waals surface area contributed by atoms with Crippen LogP contribution < -0.4 is 5.32 Å². The van der Waals surface area contributed by atoms with E-state index in [1.165, 1.54) is 58.3 Å². The Labute approximate surface area is 130 Å². The molecule has 3 unspecified atom stereocenters. The standard InChI is InChI=1S/C18H34N2O/c1-4-9-20-10-7-14(8-11-20)13-19-16-15-6-5-12-21-17(15)18(16,2)3/h14-17,19H,4-13H2,1-3H3. The van der Waals surface area contributed by atoms with Crippen molar-refractivity contribution in [3.8, 4) is 0 Å². The van der Waals surface area contributed by atoms with Gasteiger partial charge in [0.25, 0.3) is 0 Å². The molecule has 0 bridgehead atoms. The normalized spacial score (nSPS) is 37.0. The molecule has 2 heterocycles. The fourth-order valence-electron chi connectivity index (χ4n) is 4.96. The number of likely N-dealkylation sites (tertiary alicyclic amines) is 1. The summed E-state index contributed by atoms with van der Waals surface area (Å²) < 4.78 is 6.01. The fourth-order valence-corrected chi connectivity index (χ4v) is 4.96. The van der Waals surface area contributed by atoms with Gasteiger partial charge in [0.15, 0.2) is 0 Å². The van der Waals surface area contributed by atoms with E-state index in [2.05, 4.69) is 31.0 Å². The van der Waals surface area contributed by atoms with Gasteiger partial charge >= 0.3 is 0 Å². The Morgan fingerprint density at radius 1 is 1.19 bits per heavy atom. The Morgan fingerprint density at radius 2 is 1.95 bits per heavy atom. The van der Waals surface area contributed by atoms with E-state index in [1.54, 1.807) is 0 Å². The molecule has 3 aliphatic rings. The molecule has 21 heavy (non-hydrogen) atoms. The summed E-state index contributed by atoms with van der Waals surface area (Å²) in [6, 6.07) is 0.677. The van der Waals surface area contributed by atoms with Crippen LogP contribution in [0.25, 0.3) is 0 Å². The lowest BCUT2D eigenvalue weighted by molar-refractivity contribution is -0.193. The highest BCUT2D eigenvalue weighted by Crippen LogP contribution is 2.51. The maximum Gasteiger partial charge on any atom is 0.0684 e. The molecule has 1 aliphatic carbocycles. The average Bonchev–Trinajstić information content (AvgIpc) is 2.49. The van der Waals surface area contributed by atoms with Gasteiger partial charge in [0.1, 0.15) is 0 Å². The molecule has 2 saturated heterocycles. The van der Waals surface area contributed by atoms with Gasteiger partial charge in [0, 0.05) is 24.0 Å². The summed E-state index contributed by atoms with van der Waals surface area (Å²) in [7, 11) is 0. The molecule has 122 valence electrons. The van der Waals surface area contributed by atoms with Crippen molar-refractivity contribution in [2.24, 2.45) is 17.3 Å². The maximum absolute atomic E-state index is 6.01. The zero-order chi connectivity index (χ0) is 14.9. The zero-order valence-electron chi connectivity index (χ0n) is 14.2. The summed E-state index contributed by atoms with van der Waals surface area (Å²) in [4.78, 5) is 2.63. The van der Waals surface area contributed by atoms with Crippen molar-refractivity contribution >= 4 is 0 Å². The predicted molar refractivity (Wildman–Crippen MR) is 87.5 cm³/mol. The minimum absolute atomic E-state index is 0.327. The lowest BCUT2D eigenvalue weighted by Crippen LogP contribution is -2.69. The van der Waals surface area contributed by atoms with Crippen LogP contribution in [0.5, 0.6) is 0 Å². The SMILES string of the molecule is CCCN1CCC(CNC2C3CCCOC3C2(C)C)CC1. The molecule has 2 aliphatic heterocycles. The van der Waals surface area contributed by atoms with Crippen LogP contribution >= 0.6 is 0 Å². The first-order valence-electron chi connectivity index (χ1n) is 9.20. The first-order valence-corrected chi connectivity index (χ1v) is 9.20. The van der Waals surface area contributed by atoms with Crippen molar-refractivity contribution in [3.05, 3.63) is 0 Å². The molecule has 3 rings (SSSR count). The number of hydrogen-bond acceptors (Lipinski definition) is 3. The van der Waals surface area contributed by atoms with E-state index < -0.39 is 0 Å². The van der Waals surface area contributed by atoms with E-state index in [1.807, 2.05) is 0 Å². The highest BCUT2D eigenvalue weighted by Gasteiger charge is 2.57. The second-order valence-corrected chi connectivity index (χ2v) is 8.09. The van der Waals surface area contributed by atoms with E-state index in [9.17, 15) is 0 Å². The van der Waals surface area contributed by atoms with Gasteiger partial charge in [-0.05, 0) is 64.2 Å². The largest absolute Gasteiger partial charge is 0.377 e. The quantitative estimate of drug-likeness (QED) is 0.844. The zero-order valence-corrected chi connectivity index (χ0v) is 14.2. The molecule has 0 spiro atoms. The monoisotopic (exact) mass is 294 g/mol. The summed E-state index contributed by atoms with van der Waals surface area (Å²) in [6.45, 7) is 13.2. The van der Waals surface area contributed by atoms with Crippen molar-refractivity contribution < 1.29 is 4.74 Å². The van der Waals surface area contributed by atoms with Gasteiger partial charge in [-0.2, -0.15) is 0 Å². The Kier molecular flexibility index (Phi) is 4.92. The Morgan fingerprint density at radius 3 is 2.67 bits per heavy atom. The van der Waals surface area contributed by atoms with Gasteiger partial charge in [-0.1, -0.05) is 20.8 Å². The summed E-state index contributed by atoms with van der Waals surface area (Å²) in [5.74, 6) is 1.66. The number of nitrogens with zero attached hydrogens (tertiary/aromatic N) is 1. The highest BCUT2D eigenvalue weighted by molar-refractivity contribution is 5.10. The van der Waals surface area contributed by atoms with Crippen LogP contribution in [-0.2, 0) is 4.74 Å². The van der Waals surface area contributed by atoms with E-state index in [0.717, 1.165) is 18.4 Å². The molecule has 3 heteroatoms. The molecule has 0 radical (unpaired) electrons. The molecule has 0 aromatic heterocycles. The number of ether oxygens (including phenoxy) is 1. The molecule has 0 amide bonds. The number of rotatable bonds is 5. The topological polar surface area (TPSA) is 24.5 Å². The number of nitrogens with one attached hydrogen (secondary N) is 1. The smallest absolute Gasteiger partial charge is 0.0684 e. The maximum atomic E-state index is 6.01. The average molecular weight is 294 g/mol. The van der Waals surface area contributed by atoms with Crippen LogP contribution in [0, 0.1) is 17.3 Å². The van der Waals surface area contributed by atoms with Crippen molar-refractivity contribution in [2.75, 3.05) is 32.8 Å². The van der Waals surface area contributed by atoms with Gasteiger partial charge in [0.05, 0.1) is 6.10 Å². The second kappa shape index (κ2) is 6.55. The van der Waals surface area contributed by atoms with Crippen LogP contribution in [0.3, 0.4) is 0 Å². The van der Waals surface area contributed by atoms with Crippen molar-refractivity contribution in [3.63, 3.8) is 0 Å². The molecule has 1 saturated carbocycles. The molecular formula is C18H34N2O. The van der Waals surface area contributed by atoms with Crippen LogP contribution in [0.1, 0.15) is 52.9 Å². The summed E-state index contributed by atoms with van der Waals surface area (Å²) >= 11 is 0. The first kappa shape index (κ1) is 15.8. The van der Waals surface area contributed by atoms with Gasteiger partial charge in [-0.25, -0.2) is 0 Å². The van der Waals surface area contributed by atoms with Crippen LogP contribution in [0.15, 0.2) is 0 Å². The number of piperidine rings is 1. The van der Waals surface area contributed by atoms with E-state index in [4.69, 9.17) is 4.74 Å². The van der Waals surface area contributed by atoms with Crippen LogP contribution in [-0.4, -0.2) is 49.8 Å². The van der Waals surface area contributed by atoms with Crippen molar-refractivity contribution in [1.29, 1.82) is 0 Å². The summed E-state index contributed by atoms with van der Waals surface area (Å²) in [5.41, 5.74) is 0.327. The van der Waals surface area contributed by atoms with Gasteiger partial charge < -0.3 is 15.0 Å². The third-order valence-corrected chi connectivity index (χ3v) is 6.20. The first-order chi connectivity index (χ1) is 10.1. The Hall–Kier alpha value is -0.120. The lowest BCUT2D eigenvalue weighted by Gasteiger charge is -2.60. The number of fused-ring (bicyclic) bond motifs is 1. The van der Waals surface area contributed by atoms with E-state index >= 15 is 0 Å². The minimum atomic E-state index is 0.327. The second-order valence-electron chi connectivity index (χ2n) is 8.09. The predicted octanol–water partition coefficient (Wildman–Crippen LogP) is 2.90. The van der Waals surface area contributed by atoms with Crippen LogP contribution in [0.2, 0.25) is 0 Å². The molecule has 1 N–H and O–H groups in total. The highest BCUT2D eigenvalue weighted by atomic mass is 16.5. The van der Waals surface area contributed by atoms with Gasteiger partial charge in [-0.15, -0.1) is 0 Å². The molecule has 3 fully saturated rings. The summed E-state index contributed by atoms with van der Waals surface area (Å²) in [5, 5.41) is 3.93. The fraction of sp³-hybridized carbons (Fsp3) is 1.00. The molecule has 0 aromatic carbocycles. The third-order valence-electron chi connectivity index (χ3n) is 6.20. The van der Waals surface area contributed by atoms with E-state index in [0.29, 0.717) is 17.6 Å². The Bertz CT molecular complexity index is 336. The molecule has 0 aromatic rings.